The van der Waals surface area contributed by atoms with Crippen molar-refractivity contribution in [1.29, 1.82) is 0 Å². The Labute approximate surface area is 147 Å². The summed E-state index contributed by atoms with van der Waals surface area (Å²) >= 11 is 0. The van der Waals surface area contributed by atoms with Crippen molar-refractivity contribution in [2.75, 3.05) is 0 Å². The van der Waals surface area contributed by atoms with E-state index in [9.17, 15) is 34.2 Å². The molecule has 2 heterocycles. The number of carboxylic acids is 2. The fourth-order valence-electron chi connectivity index (χ4n) is 3.55. The topological polar surface area (TPSA) is 141 Å². The standard InChI is InChI=1S/C17H16N2O7/c1-7-11(17(25)26)19-12(13(7)20)10(15(19)22)18-14(21)9(16(23)24)8-5-3-2-4-6-8/h2-7,9-12H,1H3,(H,18,21)(H,23,24)(H,25,26)/t7?,9?,10?,11?,12-/m0/s1. The molecule has 0 saturated carbocycles. The van der Waals surface area contributed by atoms with Crippen molar-refractivity contribution in [3.05, 3.63) is 35.9 Å². The molecular formula is C17H16N2O7. The maximum atomic E-state index is 12.4. The molecule has 136 valence electrons. The molecule has 3 rings (SSSR count). The largest absolute Gasteiger partial charge is 0.480 e. The molecule has 1 aromatic rings. The Morgan fingerprint density at radius 2 is 1.73 bits per heavy atom. The number of carbonyl (C=O) groups is 5. The van der Waals surface area contributed by atoms with Gasteiger partial charge in [0.05, 0.1) is 0 Å². The molecule has 3 N–H and O–H groups in total. The Bertz CT molecular complexity index is 807. The smallest absolute Gasteiger partial charge is 0.327 e. The van der Waals surface area contributed by atoms with Gasteiger partial charge in [0.25, 0.3) is 0 Å². The van der Waals surface area contributed by atoms with Crippen LogP contribution in [0, 0.1) is 5.92 Å². The number of benzene rings is 1. The summed E-state index contributed by atoms with van der Waals surface area (Å²) in [6, 6.07) is 4.17. The first-order valence-corrected chi connectivity index (χ1v) is 7.92. The van der Waals surface area contributed by atoms with Crippen LogP contribution in [0.5, 0.6) is 0 Å². The van der Waals surface area contributed by atoms with E-state index in [0.717, 1.165) is 4.90 Å². The number of ketones is 1. The summed E-state index contributed by atoms with van der Waals surface area (Å²) in [6.45, 7) is 1.41. The summed E-state index contributed by atoms with van der Waals surface area (Å²) in [6.07, 6.45) is 0. The number of β-lactam (4-membered cyclic amide) rings is 1. The van der Waals surface area contributed by atoms with Crippen LogP contribution in [-0.4, -0.2) is 62.8 Å². The molecule has 0 spiro atoms. The van der Waals surface area contributed by atoms with E-state index in [1.807, 2.05) is 0 Å². The van der Waals surface area contributed by atoms with E-state index in [2.05, 4.69) is 5.32 Å². The lowest BCUT2D eigenvalue weighted by atomic mass is 9.91. The van der Waals surface area contributed by atoms with Crippen LogP contribution in [0.3, 0.4) is 0 Å². The Morgan fingerprint density at radius 1 is 1.12 bits per heavy atom. The second-order valence-electron chi connectivity index (χ2n) is 6.33. The number of fused-ring (bicyclic) bond motifs is 1. The van der Waals surface area contributed by atoms with Gasteiger partial charge in [-0.3, -0.25) is 19.2 Å². The molecule has 9 nitrogen and oxygen atoms in total. The Kier molecular flexibility index (Phi) is 4.23. The molecule has 1 aromatic carbocycles. The second-order valence-corrected chi connectivity index (χ2v) is 6.33. The summed E-state index contributed by atoms with van der Waals surface area (Å²) in [5.74, 6) is -7.22. The van der Waals surface area contributed by atoms with Gasteiger partial charge in [-0.2, -0.15) is 0 Å². The van der Waals surface area contributed by atoms with Crippen LogP contribution < -0.4 is 5.32 Å². The summed E-state index contributed by atoms with van der Waals surface area (Å²) in [7, 11) is 0. The van der Waals surface area contributed by atoms with Crippen molar-refractivity contribution in [2.45, 2.75) is 31.0 Å². The van der Waals surface area contributed by atoms with E-state index in [4.69, 9.17) is 0 Å². The van der Waals surface area contributed by atoms with Crippen molar-refractivity contribution in [3.63, 3.8) is 0 Å². The first-order valence-electron chi connectivity index (χ1n) is 7.92. The number of nitrogens with one attached hydrogen (secondary N) is 1. The Balaban J connectivity index is 1.80. The van der Waals surface area contributed by atoms with Gasteiger partial charge >= 0.3 is 11.9 Å². The van der Waals surface area contributed by atoms with E-state index in [-0.39, 0.29) is 5.56 Å². The SMILES string of the molecule is CC1C(=O)[C@@H]2C(NC(=O)C(C(=O)O)c3ccccc3)C(=O)N2C1C(=O)O. The third kappa shape index (κ3) is 2.52. The van der Waals surface area contributed by atoms with Gasteiger partial charge in [0.1, 0.15) is 18.1 Å². The quantitative estimate of drug-likeness (QED) is 0.462. The molecule has 0 aliphatic carbocycles. The van der Waals surface area contributed by atoms with Gasteiger partial charge in [-0.15, -0.1) is 0 Å². The van der Waals surface area contributed by atoms with Crippen LogP contribution in [0.1, 0.15) is 18.4 Å². The van der Waals surface area contributed by atoms with Crippen LogP contribution in [0.15, 0.2) is 30.3 Å². The van der Waals surface area contributed by atoms with Crippen molar-refractivity contribution in [3.8, 4) is 0 Å². The van der Waals surface area contributed by atoms with Gasteiger partial charge in [0.15, 0.2) is 11.7 Å². The van der Waals surface area contributed by atoms with Crippen LogP contribution >= 0.6 is 0 Å². The minimum absolute atomic E-state index is 0.232. The van der Waals surface area contributed by atoms with Crippen LogP contribution in [-0.2, 0) is 24.0 Å². The highest BCUT2D eigenvalue weighted by molar-refractivity contribution is 6.12. The van der Waals surface area contributed by atoms with Gasteiger partial charge in [0.2, 0.25) is 11.8 Å². The third-order valence-corrected chi connectivity index (χ3v) is 4.84. The predicted molar refractivity (Wildman–Crippen MR) is 85.0 cm³/mol. The number of aliphatic carboxylic acids is 2. The number of rotatable bonds is 5. The number of hydrogen-bond acceptors (Lipinski definition) is 5. The van der Waals surface area contributed by atoms with Crippen molar-refractivity contribution < 1.29 is 34.2 Å². The summed E-state index contributed by atoms with van der Waals surface area (Å²) < 4.78 is 0. The molecule has 2 aliphatic heterocycles. The number of carbonyl (C=O) groups excluding carboxylic acids is 3. The molecule has 0 bridgehead atoms. The molecule has 2 amide bonds. The average molecular weight is 360 g/mol. The monoisotopic (exact) mass is 360 g/mol. The van der Waals surface area contributed by atoms with Gasteiger partial charge in [-0.05, 0) is 5.56 Å². The van der Waals surface area contributed by atoms with Gasteiger partial charge < -0.3 is 20.4 Å². The lowest BCUT2D eigenvalue weighted by Gasteiger charge is -2.43. The lowest BCUT2D eigenvalue weighted by Crippen LogP contribution is -2.72. The highest BCUT2D eigenvalue weighted by atomic mass is 16.4. The zero-order chi connectivity index (χ0) is 19.2. The van der Waals surface area contributed by atoms with Crippen LogP contribution in [0.25, 0.3) is 0 Å². The van der Waals surface area contributed by atoms with E-state index in [1.165, 1.54) is 19.1 Å². The molecule has 0 radical (unpaired) electrons. The fourth-order valence-corrected chi connectivity index (χ4v) is 3.55. The summed E-state index contributed by atoms with van der Waals surface area (Å²) in [4.78, 5) is 60.7. The van der Waals surface area contributed by atoms with E-state index >= 15 is 0 Å². The molecule has 0 aromatic heterocycles. The number of carboxylic acid groups (broad SMARTS) is 2. The number of hydrogen-bond donors (Lipinski definition) is 3. The maximum absolute atomic E-state index is 12.4. The third-order valence-electron chi connectivity index (χ3n) is 4.84. The van der Waals surface area contributed by atoms with Crippen molar-refractivity contribution in [1.82, 2.24) is 10.2 Å². The molecule has 9 heteroatoms. The molecular weight excluding hydrogens is 344 g/mol. The summed E-state index contributed by atoms with van der Waals surface area (Å²) in [5, 5.41) is 20.9. The number of Topliss-reactive ketones (excluding diaryl/α,β-unsaturated/α-hetero) is 1. The first-order chi connectivity index (χ1) is 12.3. The van der Waals surface area contributed by atoms with E-state index in [1.54, 1.807) is 18.2 Å². The van der Waals surface area contributed by atoms with E-state index in [0.29, 0.717) is 0 Å². The van der Waals surface area contributed by atoms with Gasteiger partial charge in [0, 0.05) is 5.92 Å². The summed E-state index contributed by atoms with van der Waals surface area (Å²) in [5.41, 5.74) is 0.232. The fraction of sp³-hybridized carbons (Fsp3) is 0.353. The minimum atomic E-state index is -1.54. The molecule has 2 saturated heterocycles. The zero-order valence-electron chi connectivity index (χ0n) is 13.7. The first kappa shape index (κ1) is 17.6. The Hall–Kier alpha value is -3.23. The number of nitrogens with zero attached hydrogens (tertiary/aromatic N) is 1. The van der Waals surface area contributed by atoms with Crippen molar-refractivity contribution in [2.24, 2.45) is 5.92 Å². The van der Waals surface area contributed by atoms with Crippen LogP contribution in [0.4, 0.5) is 0 Å². The number of amides is 2. The lowest BCUT2D eigenvalue weighted by molar-refractivity contribution is -0.163. The second kappa shape index (κ2) is 6.25. The van der Waals surface area contributed by atoms with Crippen LogP contribution in [0.2, 0.25) is 0 Å². The average Bonchev–Trinajstić information content (AvgIpc) is 2.82. The van der Waals surface area contributed by atoms with Gasteiger partial charge in [-0.1, -0.05) is 37.3 Å². The normalized spacial score (nSPS) is 28.1. The minimum Gasteiger partial charge on any atom is -0.480 e. The Morgan fingerprint density at radius 3 is 2.27 bits per heavy atom. The predicted octanol–water partition coefficient (Wildman–Crippen LogP) is -0.778. The van der Waals surface area contributed by atoms with Gasteiger partial charge in [-0.25, -0.2) is 4.79 Å². The zero-order valence-corrected chi connectivity index (χ0v) is 13.7. The molecule has 26 heavy (non-hydrogen) atoms. The maximum Gasteiger partial charge on any atom is 0.327 e. The van der Waals surface area contributed by atoms with E-state index < -0.39 is 59.5 Å². The molecule has 2 fully saturated rings. The van der Waals surface area contributed by atoms with Crippen molar-refractivity contribution >= 4 is 29.5 Å². The molecule has 5 atom stereocenters. The molecule has 2 aliphatic rings. The highest BCUT2D eigenvalue weighted by Gasteiger charge is 2.64. The molecule has 4 unspecified atom stereocenters. The highest BCUT2D eigenvalue weighted by Crippen LogP contribution is 2.37.